The molecular weight excluding hydrogens is 314 g/mol. The Balaban J connectivity index is 1.98. The van der Waals surface area contributed by atoms with Crippen LogP contribution in [0, 0.1) is 11.6 Å². The quantitative estimate of drug-likeness (QED) is 0.909. The van der Waals surface area contributed by atoms with Crippen LogP contribution in [0.2, 0.25) is 0 Å². The molecular formula is C17H20F2N4O. The first-order valence-electron chi connectivity index (χ1n) is 7.99. The van der Waals surface area contributed by atoms with Gasteiger partial charge in [0.05, 0.1) is 5.69 Å². The van der Waals surface area contributed by atoms with E-state index >= 15 is 0 Å². The van der Waals surface area contributed by atoms with Crippen molar-refractivity contribution in [1.82, 2.24) is 20.0 Å². The minimum absolute atomic E-state index is 0.148. The molecule has 0 saturated carbocycles. The SMILES string of the molecule is CNCCN(C)C(=O)c1nn(-c2ccc(F)c(F)c2)c2c1CCC2. The number of fused-ring (bicyclic) bond motifs is 1. The summed E-state index contributed by atoms with van der Waals surface area (Å²) in [6.07, 6.45) is 2.48. The molecule has 1 N–H and O–H groups in total. The van der Waals surface area contributed by atoms with E-state index in [0.29, 0.717) is 24.5 Å². The van der Waals surface area contributed by atoms with Gasteiger partial charge in [-0.3, -0.25) is 4.79 Å². The predicted molar refractivity (Wildman–Crippen MR) is 86.4 cm³/mol. The van der Waals surface area contributed by atoms with E-state index in [1.807, 2.05) is 7.05 Å². The van der Waals surface area contributed by atoms with E-state index in [-0.39, 0.29) is 5.91 Å². The number of amides is 1. The molecule has 0 aliphatic heterocycles. The zero-order valence-electron chi connectivity index (χ0n) is 13.8. The van der Waals surface area contributed by atoms with E-state index in [9.17, 15) is 13.6 Å². The molecule has 1 aromatic carbocycles. The van der Waals surface area contributed by atoms with E-state index in [1.54, 1.807) is 16.6 Å². The molecule has 1 amide bonds. The summed E-state index contributed by atoms with van der Waals surface area (Å²) >= 11 is 0. The molecule has 1 heterocycles. The summed E-state index contributed by atoms with van der Waals surface area (Å²) in [6.45, 7) is 1.26. The van der Waals surface area contributed by atoms with Gasteiger partial charge < -0.3 is 10.2 Å². The average Bonchev–Trinajstić information content (AvgIpc) is 3.17. The number of nitrogens with one attached hydrogen (secondary N) is 1. The highest BCUT2D eigenvalue weighted by Gasteiger charge is 2.28. The summed E-state index contributed by atoms with van der Waals surface area (Å²) < 4.78 is 28.3. The maximum Gasteiger partial charge on any atom is 0.274 e. The van der Waals surface area contributed by atoms with Crippen LogP contribution in [0.5, 0.6) is 0 Å². The number of carbonyl (C=O) groups is 1. The van der Waals surface area contributed by atoms with Crippen molar-refractivity contribution in [2.45, 2.75) is 19.3 Å². The van der Waals surface area contributed by atoms with Crippen LogP contribution < -0.4 is 5.32 Å². The van der Waals surface area contributed by atoms with Crippen molar-refractivity contribution in [1.29, 1.82) is 0 Å². The summed E-state index contributed by atoms with van der Waals surface area (Å²) in [5.74, 6) is -1.97. The number of halogens is 2. The minimum Gasteiger partial charge on any atom is -0.339 e. The second-order valence-corrected chi connectivity index (χ2v) is 5.97. The third-order valence-electron chi connectivity index (χ3n) is 4.32. The molecule has 0 unspecified atom stereocenters. The Morgan fingerprint density at radius 1 is 1.33 bits per heavy atom. The maximum atomic E-state index is 13.6. The predicted octanol–water partition coefficient (Wildman–Crippen LogP) is 1.93. The van der Waals surface area contributed by atoms with Gasteiger partial charge in [0.15, 0.2) is 17.3 Å². The van der Waals surface area contributed by atoms with Gasteiger partial charge in [-0.1, -0.05) is 0 Å². The Hall–Kier alpha value is -2.28. The number of aromatic nitrogens is 2. The number of hydrogen-bond acceptors (Lipinski definition) is 3. The van der Waals surface area contributed by atoms with E-state index in [2.05, 4.69) is 10.4 Å². The highest BCUT2D eigenvalue weighted by molar-refractivity contribution is 5.94. The molecule has 0 bridgehead atoms. The molecule has 0 saturated heterocycles. The number of likely N-dealkylation sites (N-methyl/N-ethyl adjacent to an activating group) is 2. The van der Waals surface area contributed by atoms with Crippen molar-refractivity contribution in [2.24, 2.45) is 0 Å². The fraction of sp³-hybridized carbons (Fsp3) is 0.412. The molecule has 1 aliphatic rings. The number of hydrogen-bond donors (Lipinski definition) is 1. The number of nitrogens with zero attached hydrogens (tertiary/aromatic N) is 3. The first kappa shape index (κ1) is 16.6. The van der Waals surface area contributed by atoms with Gasteiger partial charge in [0.25, 0.3) is 5.91 Å². The molecule has 128 valence electrons. The number of rotatable bonds is 5. The molecule has 24 heavy (non-hydrogen) atoms. The number of benzene rings is 1. The lowest BCUT2D eigenvalue weighted by atomic mass is 10.2. The molecule has 1 aliphatic carbocycles. The van der Waals surface area contributed by atoms with Gasteiger partial charge >= 0.3 is 0 Å². The van der Waals surface area contributed by atoms with E-state index < -0.39 is 11.6 Å². The van der Waals surface area contributed by atoms with Crippen LogP contribution in [0.15, 0.2) is 18.2 Å². The summed E-state index contributed by atoms with van der Waals surface area (Å²) in [5, 5.41) is 7.42. The van der Waals surface area contributed by atoms with Crippen LogP contribution in [-0.4, -0.2) is 47.8 Å². The van der Waals surface area contributed by atoms with Crippen LogP contribution >= 0.6 is 0 Å². The largest absolute Gasteiger partial charge is 0.339 e. The molecule has 2 aromatic rings. The van der Waals surface area contributed by atoms with E-state index in [4.69, 9.17) is 0 Å². The van der Waals surface area contributed by atoms with Gasteiger partial charge in [0.2, 0.25) is 0 Å². The van der Waals surface area contributed by atoms with Gasteiger partial charge in [-0.15, -0.1) is 0 Å². The Morgan fingerprint density at radius 2 is 2.12 bits per heavy atom. The first-order chi connectivity index (χ1) is 11.5. The fourth-order valence-corrected chi connectivity index (χ4v) is 3.00. The van der Waals surface area contributed by atoms with Crippen molar-refractivity contribution < 1.29 is 13.6 Å². The average molecular weight is 334 g/mol. The molecule has 0 radical (unpaired) electrons. The molecule has 7 heteroatoms. The zero-order chi connectivity index (χ0) is 17.3. The van der Waals surface area contributed by atoms with E-state index in [0.717, 1.165) is 42.7 Å². The Labute approximate surface area is 139 Å². The highest BCUT2D eigenvalue weighted by Crippen LogP contribution is 2.28. The molecule has 0 spiro atoms. The smallest absolute Gasteiger partial charge is 0.274 e. The maximum absolute atomic E-state index is 13.6. The monoisotopic (exact) mass is 334 g/mol. The second kappa shape index (κ2) is 6.68. The molecule has 1 aromatic heterocycles. The number of carbonyl (C=O) groups excluding carboxylic acids is 1. The van der Waals surface area contributed by atoms with Crippen molar-refractivity contribution >= 4 is 5.91 Å². The lowest BCUT2D eigenvalue weighted by Gasteiger charge is -2.16. The van der Waals surface area contributed by atoms with Gasteiger partial charge in [-0.2, -0.15) is 5.10 Å². The van der Waals surface area contributed by atoms with Crippen LogP contribution in [0.4, 0.5) is 8.78 Å². The minimum atomic E-state index is -0.922. The summed E-state index contributed by atoms with van der Waals surface area (Å²) in [7, 11) is 3.56. The van der Waals surface area contributed by atoms with E-state index in [1.165, 1.54) is 6.07 Å². The summed E-state index contributed by atoms with van der Waals surface area (Å²) in [5.41, 5.74) is 2.67. The Morgan fingerprint density at radius 3 is 2.83 bits per heavy atom. The van der Waals surface area contributed by atoms with Crippen LogP contribution in [0.1, 0.15) is 28.2 Å². The summed E-state index contributed by atoms with van der Waals surface area (Å²) in [6, 6.07) is 3.66. The van der Waals surface area contributed by atoms with Crippen LogP contribution in [-0.2, 0) is 12.8 Å². The van der Waals surface area contributed by atoms with Gasteiger partial charge in [0.1, 0.15) is 0 Å². The normalized spacial score (nSPS) is 13.2. The van der Waals surface area contributed by atoms with Crippen molar-refractivity contribution in [2.75, 3.05) is 27.2 Å². The van der Waals surface area contributed by atoms with Gasteiger partial charge in [0, 0.05) is 37.5 Å². The van der Waals surface area contributed by atoms with Crippen molar-refractivity contribution in [3.63, 3.8) is 0 Å². The van der Waals surface area contributed by atoms with Gasteiger partial charge in [-0.05, 0) is 38.4 Å². The molecule has 0 fully saturated rings. The zero-order valence-corrected chi connectivity index (χ0v) is 13.8. The third-order valence-corrected chi connectivity index (χ3v) is 4.32. The first-order valence-corrected chi connectivity index (χ1v) is 7.99. The molecule has 3 rings (SSSR count). The fourth-order valence-electron chi connectivity index (χ4n) is 3.00. The third kappa shape index (κ3) is 2.91. The molecule has 0 atom stereocenters. The topological polar surface area (TPSA) is 50.2 Å². The lowest BCUT2D eigenvalue weighted by molar-refractivity contribution is 0.0789. The van der Waals surface area contributed by atoms with Crippen LogP contribution in [0.25, 0.3) is 5.69 Å². The van der Waals surface area contributed by atoms with Crippen LogP contribution in [0.3, 0.4) is 0 Å². The Bertz CT molecular complexity index is 772. The van der Waals surface area contributed by atoms with Crippen molar-refractivity contribution in [3.05, 3.63) is 46.8 Å². The highest BCUT2D eigenvalue weighted by atomic mass is 19.2. The molecule has 5 nitrogen and oxygen atoms in total. The standard InChI is InChI=1S/C17H20F2N4O/c1-20-8-9-22(2)17(24)16-12-4-3-5-15(12)23(21-16)11-6-7-13(18)14(19)10-11/h6-7,10,20H,3-5,8-9H2,1-2H3. The summed E-state index contributed by atoms with van der Waals surface area (Å²) in [4.78, 5) is 14.3. The Kier molecular flexibility index (Phi) is 4.62. The van der Waals surface area contributed by atoms with Crippen molar-refractivity contribution in [3.8, 4) is 5.69 Å². The second-order valence-electron chi connectivity index (χ2n) is 5.97. The lowest BCUT2D eigenvalue weighted by Crippen LogP contribution is -2.33. The van der Waals surface area contributed by atoms with Gasteiger partial charge in [-0.25, -0.2) is 13.5 Å².